The van der Waals surface area contributed by atoms with Gasteiger partial charge >= 0.3 is 0 Å². The number of hydrogen-bond acceptors (Lipinski definition) is 3. The molecule has 0 amide bonds. The summed E-state index contributed by atoms with van der Waals surface area (Å²) in [7, 11) is -4.26. The van der Waals surface area contributed by atoms with Crippen LogP contribution in [0.15, 0.2) is 0 Å². The van der Waals surface area contributed by atoms with E-state index in [1.807, 2.05) is 0 Å². The van der Waals surface area contributed by atoms with Crippen molar-refractivity contribution in [3.8, 4) is 0 Å². The van der Waals surface area contributed by atoms with Gasteiger partial charge in [-0.3, -0.25) is 0 Å². The molecule has 11 heavy (non-hydrogen) atoms. The van der Waals surface area contributed by atoms with Crippen molar-refractivity contribution >= 4 is 34.8 Å². The Bertz CT molecular complexity index is 225. The van der Waals surface area contributed by atoms with Crippen LogP contribution in [0.4, 0.5) is 0 Å². The third-order valence-electron chi connectivity index (χ3n) is 1.28. The fraction of sp³-hybridized carbons (Fsp3) is 0.833. The van der Waals surface area contributed by atoms with E-state index in [4.69, 9.17) is 0 Å². The molecular formula is C6H14O2S2Si. The van der Waals surface area contributed by atoms with E-state index >= 15 is 0 Å². The first-order valence-electron chi connectivity index (χ1n) is 3.45. The van der Waals surface area contributed by atoms with Gasteiger partial charge in [0.2, 0.25) is 0 Å². The van der Waals surface area contributed by atoms with E-state index in [9.17, 15) is 8.42 Å². The van der Waals surface area contributed by atoms with Crippen LogP contribution in [0.2, 0.25) is 25.7 Å². The molecule has 0 N–H and O–H groups in total. The predicted molar refractivity (Wildman–Crippen MR) is 55.6 cm³/mol. The maximum Gasteiger partial charge on any atom is 0.181 e. The first kappa shape index (κ1) is 11.3. The van der Waals surface area contributed by atoms with Gasteiger partial charge in [-0.25, -0.2) is 8.42 Å². The first-order chi connectivity index (χ1) is 4.77. The summed E-state index contributed by atoms with van der Waals surface area (Å²) in [5, 5.41) is 0. The van der Waals surface area contributed by atoms with Crippen LogP contribution < -0.4 is 0 Å². The summed E-state index contributed by atoms with van der Waals surface area (Å²) in [4.78, 5) is 0. The summed E-state index contributed by atoms with van der Waals surface area (Å²) in [6.45, 7) is 6.43. The second-order valence-corrected chi connectivity index (χ2v) is 11.9. The monoisotopic (exact) mass is 210 g/mol. The standard InChI is InChI=1S/C6H14O2S2Si/c1-11(2,3)5-4-10(7,8)6-9/h6H,4-5H2,1-3H3. The fourth-order valence-electron chi connectivity index (χ4n) is 0.497. The molecule has 0 fully saturated rings. The normalized spacial score (nSPS) is 13.0. The Balaban J connectivity index is 4.01. The third-order valence-corrected chi connectivity index (χ3v) is 5.34. The lowest BCUT2D eigenvalue weighted by Gasteiger charge is -2.13. The van der Waals surface area contributed by atoms with Gasteiger partial charge in [-0.05, 0) is 6.04 Å². The van der Waals surface area contributed by atoms with Gasteiger partial charge in [0.25, 0.3) is 0 Å². The van der Waals surface area contributed by atoms with Crippen molar-refractivity contribution < 1.29 is 8.42 Å². The third kappa shape index (κ3) is 6.65. The minimum Gasteiger partial charge on any atom is -0.223 e. The zero-order valence-corrected chi connectivity index (χ0v) is 9.76. The van der Waals surface area contributed by atoms with Crippen LogP contribution in [-0.4, -0.2) is 26.9 Å². The molecule has 0 heterocycles. The number of sulfone groups is 1. The van der Waals surface area contributed by atoms with E-state index in [1.165, 1.54) is 0 Å². The first-order valence-corrected chi connectivity index (χ1v) is 9.34. The zero-order chi connectivity index (χ0) is 9.12. The molecule has 0 atom stereocenters. The molecule has 0 saturated carbocycles. The molecular weight excluding hydrogens is 196 g/mol. The van der Waals surface area contributed by atoms with Crippen LogP contribution in [0.5, 0.6) is 0 Å². The molecule has 0 spiro atoms. The molecule has 0 rings (SSSR count). The van der Waals surface area contributed by atoms with Crippen LogP contribution in [0.3, 0.4) is 0 Å². The molecule has 0 aliphatic carbocycles. The van der Waals surface area contributed by atoms with Crippen molar-refractivity contribution in [3.63, 3.8) is 0 Å². The van der Waals surface area contributed by atoms with Gasteiger partial charge in [0.05, 0.1) is 10.5 Å². The molecule has 0 aromatic carbocycles. The molecule has 0 unspecified atom stereocenters. The molecule has 0 aromatic rings. The second kappa shape index (κ2) is 3.78. The van der Waals surface area contributed by atoms with Crippen LogP contribution in [0.1, 0.15) is 0 Å². The topological polar surface area (TPSA) is 34.1 Å². The maximum atomic E-state index is 10.9. The fourth-order valence-corrected chi connectivity index (χ4v) is 4.47. The molecule has 2 nitrogen and oxygen atoms in total. The van der Waals surface area contributed by atoms with Crippen molar-refractivity contribution in [1.29, 1.82) is 0 Å². The zero-order valence-electron chi connectivity index (χ0n) is 7.12. The van der Waals surface area contributed by atoms with E-state index < -0.39 is 17.9 Å². The van der Waals surface area contributed by atoms with Gasteiger partial charge in [-0.15, -0.1) is 0 Å². The molecule has 0 aliphatic rings. The Labute approximate surface area is 74.9 Å². The largest absolute Gasteiger partial charge is 0.223 e. The van der Waals surface area contributed by atoms with E-state index in [-0.39, 0.29) is 5.75 Å². The Morgan fingerprint density at radius 1 is 1.36 bits per heavy atom. The molecule has 5 heteroatoms. The lowest BCUT2D eigenvalue weighted by atomic mass is 11.0. The average molecular weight is 210 g/mol. The van der Waals surface area contributed by atoms with Crippen LogP contribution >= 0.6 is 12.2 Å². The molecule has 66 valence electrons. The Kier molecular flexibility index (Phi) is 3.86. The summed E-state index contributed by atoms with van der Waals surface area (Å²) >= 11 is 4.38. The average Bonchev–Trinajstić information content (AvgIpc) is 1.83. The smallest absolute Gasteiger partial charge is 0.181 e. The van der Waals surface area contributed by atoms with Crippen molar-refractivity contribution in [1.82, 2.24) is 0 Å². The maximum absolute atomic E-state index is 10.9. The van der Waals surface area contributed by atoms with Gasteiger partial charge in [0.1, 0.15) is 0 Å². The molecule has 0 radical (unpaired) electrons. The molecule has 0 aromatic heterocycles. The van der Waals surface area contributed by atoms with Crippen molar-refractivity contribution in [2.24, 2.45) is 0 Å². The van der Waals surface area contributed by atoms with Gasteiger partial charge < -0.3 is 0 Å². The van der Waals surface area contributed by atoms with Gasteiger partial charge in [0, 0.05) is 8.07 Å². The Hall–Kier alpha value is 0.257. The second-order valence-electron chi connectivity index (χ2n) is 3.77. The number of rotatable bonds is 4. The van der Waals surface area contributed by atoms with E-state index in [2.05, 4.69) is 31.9 Å². The minimum atomic E-state index is -3.03. The lowest BCUT2D eigenvalue weighted by molar-refractivity contribution is 0.609. The predicted octanol–water partition coefficient (Wildman–Crippen LogP) is 1.70. The van der Waals surface area contributed by atoms with E-state index in [0.717, 1.165) is 10.7 Å². The quantitative estimate of drug-likeness (QED) is 0.523. The highest BCUT2D eigenvalue weighted by atomic mass is 32.2. The highest BCUT2D eigenvalue weighted by Crippen LogP contribution is 2.09. The Morgan fingerprint density at radius 2 is 1.82 bits per heavy atom. The highest BCUT2D eigenvalue weighted by Gasteiger charge is 2.16. The molecule has 0 saturated heterocycles. The van der Waals surface area contributed by atoms with Crippen LogP contribution in [0.25, 0.3) is 0 Å². The molecule has 0 aliphatic heterocycles. The van der Waals surface area contributed by atoms with Crippen LogP contribution in [-0.2, 0) is 9.84 Å². The lowest BCUT2D eigenvalue weighted by Crippen LogP contribution is -2.23. The number of thiocarbonyl (C=S) groups is 1. The summed E-state index contributed by atoms with van der Waals surface area (Å²) in [6, 6.07) is 0.794. The Morgan fingerprint density at radius 3 is 2.09 bits per heavy atom. The van der Waals surface area contributed by atoms with Crippen molar-refractivity contribution in [2.75, 3.05) is 5.75 Å². The van der Waals surface area contributed by atoms with Crippen LogP contribution in [0, 0.1) is 0 Å². The highest BCUT2D eigenvalue weighted by molar-refractivity contribution is 8.14. The summed E-state index contributed by atoms with van der Waals surface area (Å²) in [5.74, 6) is 0.228. The minimum absolute atomic E-state index is 0.228. The SMILES string of the molecule is C[Si](C)(C)CCS(=O)(=O)C=S. The number of hydrogen-bond donors (Lipinski definition) is 0. The van der Waals surface area contributed by atoms with Gasteiger partial charge in [-0.2, -0.15) is 0 Å². The van der Waals surface area contributed by atoms with Gasteiger partial charge in [-0.1, -0.05) is 31.9 Å². The van der Waals surface area contributed by atoms with E-state index in [1.54, 1.807) is 0 Å². The van der Waals surface area contributed by atoms with Crippen molar-refractivity contribution in [3.05, 3.63) is 0 Å². The van der Waals surface area contributed by atoms with E-state index in [0.29, 0.717) is 0 Å². The van der Waals surface area contributed by atoms with Gasteiger partial charge in [0.15, 0.2) is 9.84 Å². The summed E-state index contributed by atoms with van der Waals surface area (Å²) in [5.41, 5.74) is 0. The summed E-state index contributed by atoms with van der Waals surface area (Å²) < 4.78 is 22.7. The molecule has 0 bridgehead atoms. The summed E-state index contributed by atoms with van der Waals surface area (Å²) in [6.07, 6.45) is 0. The van der Waals surface area contributed by atoms with Crippen molar-refractivity contribution in [2.45, 2.75) is 25.7 Å².